The Hall–Kier alpha value is -2.60. The van der Waals surface area contributed by atoms with Gasteiger partial charge in [-0.2, -0.15) is 0 Å². The van der Waals surface area contributed by atoms with E-state index in [0.717, 1.165) is 12.0 Å². The monoisotopic (exact) mass is 432 g/mol. The van der Waals surface area contributed by atoms with E-state index in [1.54, 1.807) is 0 Å². The van der Waals surface area contributed by atoms with E-state index in [1.807, 2.05) is 40.7 Å². The van der Waals surface area contributed by atoms with E-state index >= 15 is 0 Å². The van der Waals surface area contributed by atoms with Crippen molar-refractivity contribution < 1.29 is 0 Å². The van der Waals surface area contributed by atoms with Crippen molar-refractivity contribution in [2.45, 2.75) is 82.6 Å². The van der Waals surface area contributed by atoms with Gasteiger partial charge in [0.1, 0.15) is 0 Å². The van der Waals surface area contributed by atoms with Crippen molar-refractivity contribution in [3.8, 4) is 0 Å². The minimum Gasteiger partial charge on any atom is -0.0988 e. The summed E-state index contributed by atoms with van der Waals surface area (Å²) < 4.78 is 0. The Balaban J connectivity index is 0. The molecule has 0 amide bonds. The molecule has 2 aromatic carbocycles. The number of benzene rings is 2. The Kier molecular flexibility index (Phi) is 17.8. The Morgan fingerprint density at radius 2 is 1.34 bits per heavy atom. The van der Waals surface area contributed by atoms with Crippen molar-refractivity contribution in [3.05, 3.63) is 106 Å². The summed E-state index contributed by atoms with van der Waals surface area (Å²) in [6.45, 7) is 30.6. The molecule has 176 valence electrons. The Bertz CT molecular complexity index is 888. The van der Waals surface area contributed by atoms with Crippen molar-refractivity contribution in [1.29, 1.82) is 0 Å². The maximum atomic E-state index is 3.96. The normalized spacial score (nSPS) is 10.5. The maximum absolute atomic E-state index is 3.96. The summed E-state index contributed by atoms with van der Waals surface area (Å²) >= 11 is 0. The average molecular weight is 433 g/mol. The van der Waals surface area contributed by atoms with Crippen LogP contribution in [0.15, 0.2) is 72.9 Å². The predicted octanol–water partition coefficient (Wildman–Crippen LogP) is 10.6. The molecule has 32 heavy (non-hydrogen) atoms. The van der Waals surface area contributed by atoms with E-state index < -0.39 is 0 Å². The predicted molar refractivity (Wildman–Crippen MR) is 151 cm³/mol. The summed E-state index contributed by atoms with van der Waals surface area (Å²) in [5.74, 6) is 0. The molecule has 2 rings (SSSR count). The highest BCUT2D eigenvalue weighted by atomic mass is 14.1. The highest BCUT2D eigenvalue weighted by Gasteiger charge is 2.05. The number of hydrogen-bond donors (Lipinski definition) is 0. The highest BCUT2D eigenvalue weighted by Crippen LogP contribution is 2.25. The van der Waals surface area contributed by atoms with Crippen LogP contribution in [0.5, 0.6) is 0 Å². The molecule has 0 radical (unpaired) electrons. The zero-order valence-corrected chi connectivity index (χ0v) is 22.8. The quantitative estimate of drug-likeness (QED) is 0.412. The third-order valence-electron chi connectivity index (χ3n) is 4.88. The second kappa shape index (κ2) is 18.0. The first-order valence-electron chi connectivity index (χ1n) is 12.0. The van der Waals surface area contributed by atoms with Crippen LogP contribution in [0.2, 0.25) is 0 Å². The Morgan fingerprint density at radius 1 is 0.812 bits per heavy atom. The fourth-order valence-electron chi connectivity index (χ4n) is 3.03. The van der Waals surface area contributed by atoms with E-state index in [1.165, 1.54) is 44.5 Å². The van der Waals surface area contributed by atoms with Crippen LogP contribution in [0.3, 0.4) is 0 Å². The average Bonchev–Trinajstić information content (AvgIpc) is 2.79. The van der Waals surface area contributed by atoms with Crippen LogP contribution in [-0.2, 0) is 0 Å². The summed E-state index contributed by atoms with van der Waals surface area (Å²) in [6, 6.07) is 12.9. The summed E-state index contributed by atoms with van der Waals surface area (Å²) in [5, 5.41) is 0. The molecule has 0 nitrogen and oxygen atoms in total. The number of allylic oxidation sites excluding steroid dienone is 5. The first-order chi connectivity index (χ1) is 15.2. The Labute approximate surface area is 200 Å². The van der Waals surface area contributed by atoms with Crippen LogP contribution in [0.1, 0.15) is 88.3 Å². The first-order valence-corrected chi connectivity index (χ1v) is 12.0. The third kappa shape index (κ3) is 11.7. The summed E-state index contributed by atoms with van der Waals surface area (Å²) in [5.41, 5.74) is 11.7. The van der Waals surface area contributed by atoms with E-state index in [-0.39, 0.29) is 0 Å². The van der Waals surface area contributed by atoms with Gasteiger partial charge in [-0.05, 0) is 86.9 Å². The van der Waals surface area contributed by atoms with Gasteiger partial charge in [0.2, 0.25) is 0 Å². The lowest BCUT2D eigenvalue weighted by atomic mass is 9.93. The molecule has 2 aromatic rings. The van der Waals surface area contributed by atoms with Gasteiger partial charge in [0, 0.05) is 0 Å². The van der Waals surface area contributed by atoms with Gasteiger partial charge in [0.15, 0.2) is 0 Å². The molecular weight excluding hydrogens is 384 g/mol. The van der Waals surface area contributed by atoms with E-state index in [0.29, 0.717) is 0 Å². The standard InChI is InChI=1S/C16H22.C12H14.2C2H6/c1-7-15(8-11(2)3)16-10-13(5)12(4)9-14(16)6;1-4-10(2)9-12-8-6-5-7-11(12)3;2*1-2/h8-10H,2,7H2,1,3-6H3;4-9H,1H2,2-3H3;2*1-2H3/b15-8-;10-9+;;. The zero-order valence-electron chi connectivity index (χ0n) is 22.8. The van der Waals surface area contributed by atoms with E-state index in [2.05, 4.69) is 103 Å². The van der Waals surface area contributed by atoms with E-state index in [9.17, 15) is 0 Å². The molecule has 0 N–H and O–H groups in total. The minimum absolute atomic E-state index is 1.05. The van der Waals surface area contributed by atoms with Crippen LogP contribution >= 0.6 is 0 Å². The van der Waals surface area contributed by atoms with Gasteiger partial charge in [-0.1, -0.05) is 114 Å². The second-order valence-electron chi connectivity index (χ2n) is 7.57. The third-order valence-corrected chi connectivity index (χ3v) is 4.88. The molecule has 0 aliphatic carbocycles. The summed E-state index contributed by atoms with van der Waals surface area (Å²) in [6.07, 6.45) is 7.25. The van der Waals surface area contributed by atoms with Crippen molar-refractivity contribution in [2.24, 2.45) is 0 Å². The molecule has 0 spiro atoms. The molecule has 0 fully saturated rings. The lowest BCUT2D eigenvalue weighted by Gasteiger charge is -2.12. The molecule has 0 heterocycles. The smallest absolute Gasteiger partial charge is 0.0192 e. The molecule has 0 bridgehead atoms. The molecular formula is C32H48. The fourth-order valence-corrected chi connectivity index (χ4v) is 3.03. The van der Waals surface area contributed by atoms with Crippen molar-refractivity contribution in [3.63, 3.8) is 0 Å². The van der Waals surface area contributed by atoms with Crippen LogP contribution in [0, 0.1) is 27.7 Å². The minimum atomic E-state index is 1.05. The number of rotatable bonds is 5. The van der Waals surface area contributed by atoms with Gasteiger partial charge in [0.25, 0.3) is 0 Å². The van der Waals surface area contributed by atoms with Gasteiger partial charge in [0.05, 0.1) is 0 Å². The molecule has 0 aromatic heterocycles. The topological polar surface area (TPSA) is 0 Å². The highest BCUT2D eigenvalue weighted by molar-refractivity contribution is 5.71. The molecule has 0 saturated carbocycles. The van der Waals surface area contributed by atoms with Crippen LogP contribution < -0.4 is 0 Å². The van der Waals surface area contributed by atoms with Crippen molar-refractivity contribution in [2.75, 3.05) is 0 Å². The van der Waals surface area contributed by atoms with Gasteiger partial charge < -0.3 is 0 Å². The molecule has 0 unspecified atom stereocenters. The first kappa shape index (κ1) is 31.6. The largest absolute Gasteiger partial charge is 0.0988 e. The maximum Gasteiger partial charge on any atom is -0.0192 e. The number of hydrogen-bond acceptors (Lipinski definition) is 0. The van der Waals surface area contributed by atoms with Crippen molar-refractivity contribution >= 4 is 11.6 Å². The molecule has 0 aliphatic rings. The molecule has 0 heteroatoms. The second-order valence-corrected chi connectivity index (χ2v) is 7.57. The summed E-state index contributed by atoms with van der Waals surface area (Å²) in [7, 11) is 0. The molecule has 0 aliphatic heterocycles. The lowest BCUT2D eigenvalue weighted by Crippen LogP contribution is -1.92. The summed E-state index contributed by atoms with van der Waals surface area (Å²) in [4.78, 5) is 0. The fraction of sp³-hybridized carbons (Fsp3) is 0.375. The Morgan fingerprint density at radius 3 is 1.81 bits per heavy atom. The van der Waals surface area contributed by atoms with E-state index in [4.69, 9.17) is 0 Å². The van der Waals surface area contributed by atoms with Gasteiger partial charge >= 0.3 is 0 Å². The van der Waals surface area contributed by atoms with Crippen LogP contribution in [-0.4, -0.2) is 0 Å². The van der Waals surface area contributed by atoms with Crippen LogP contribution in [0.25, 0.3) is 11.6 Å². The zero-order chi connectivity index (χ0) is 25.3. The van der Waals surface area contributed by atoms with Gasteiger partial charge in [-0.25, -0.2) is 0 Å². The lowest BCUT2D eigenvalue weighted by molar-refractivity contribution is 1.20. The van der Waals surface area contributed by atoms with Crippen molar-refractivity contribution in [1.82, 2.24) is 0 Å². The van der Waals surface area contributed by atoms with Gasteiger partial charge in [-0.15, -0.1) is 0 Å². The number of aryl methyl sites for hydroxylation is 4. The molecule has 0 atom stereocenters. The van der Waals surface area contributed by atoms with Crippen LogP contribution in [0.4, 0.5) is 0 Å². The SMILES string of the molecule is C=C(C)/C=C(/CC)c1cc(C)c(C)cc1C.C=C/C(C)=C/c1ccccc1C.CC.CC. The van der Waals surface area contributed by atoms with Gasteiger partial charge in [-0.3, -0.25) is 0 Å². The molecule has 0 saturated heterocycles.